The van der Waals surface area contributed by atoms with Crippen LogP contribution in [0.25, 0.3) is 0 Å². The molecular formula is C12H18N4O2S. The molecule has 0 radical (unpaired) electrons. The third kappa shape index (κ3) is 5.24. The van der Waals surface area contributed by atoms with Gasteiger partial charge in [-0.25, -0.2) is 17.7 Å². The lowest BCUT2D eigenvalue weighted by molar-refractivity contribution is 0.428. The van der Waals surface area contributed by atoms with Gasteiger partial charge < -0.3 is 5.32 Å². The normalized spacial score (nSPS) is 11.3. The zero-order valence-corrected chi connectivity index (χ0v) is 11.9. The quantitative estimate of drug-likeness (QED) is 0.755. The Balaban J connectivity index is 2.40. The van der Waals surface area contributed by atoms with Gasteiger partial charge in [-0.1, -0.05) is 13.0 Å². The van der Waals surface area contributed by atoms with E-state index in [1.54, 1.807) is 18.2 Å². The molecule has 1 rings (SSSR count). The van der Waals surface area contributed by atoms with Crippen LogP contribution in [0.3, 0.4) is 0 Å². The van der Waals surface area contributed by atoms with E-state index in [1.165, 1.54) is 10.6 Å². The molecule has 0 bridgehead atoms. The first-order chi connectivity index (χ1) is 8.97. The summed E-state index contributed by atoms with van der Waals surface area (Å²) in [5.41, 5.74) is 0.358. The summed E-state index contributed by atoms with van der Waals surface area (Å²) in [6.45, 7) is 3.36. The van der Waals surface area contributed by atoms with E-state index in [0.717, 1.165) is 0 Å². The monoisotopic (exact) mass is 282 g/mol. The molecule has 19 heavy (non-hydrogen) atoms. The maximum absolute atomic E-state index is 11.4. The molecule has 0 amide bonds. The molecule has 0 fully saturated rings. The van der Waals surface area contributed by atoms with Gasteiger partial charge >= 0.3 is 0 Å². The fourth-order valence-corrected chi connectivity index (χ4v) is 2.56. The van der Waals surface area contributed by atoms with Crippen LogP contribution in [0.5, 0.6) is 0 Å². The first kappa shape index (κ1) is 15.4. The van der Waals surface area contributed by atoms with Gasteiger partial charge in [0, 0.05) is 19.6 Å². The molecule has 1 N–H and O–H groups in total. The number of nitrogens with zero attached hydrogens (tertiary/aromatic N) is 3. The van der Waals surface area contributed by atoms with E-state index in [1.807, 2.05) is 13.0 Å². The van der Waals surface area contributed by atoms with E-state index in [-0.39, 0.29) is 0 Å². The second kappa shape index (κ2) is 7.07. The second-order valence-corrected chi connectivity index (χ2v) is 6.04. The molecule has 1 heterocycles. The first-order valence-electron chi connectivity index (χ1n) is 6.03. The van der Waals surface area contributed by atoms with E-state index >= 15 is 0 Å². The number of nitriles is 1. The van der Waals surface area contributed by atoms with Crippen LogP contribution in [0, 0.1) is 11.3 Å². The third-order valence-corrected chi connectivity index (χ3v) is 3.95. The molecule has 0 aliphatic carbocycles. The van der Waals surface area contributed by atoms with E-state index in [4.69, 9.17) is 5.26 Å². The number of hydrogen-bond acceptors (Lipinski definition) is 5. The highest BCUT2D eigenvalue weighted by atomic mass is 32.2. The Morgan fingerprint density at radius 2 is 2.21 bits per heavy atom. The van der Waals surface area contributed by atoms with Gasteiger partial charge in [0.2, 0.25) is 10.0 Å². The van der Waals surface area contributed by atoms with Crippen molar-refractivity contribution < 1.29 is 8.42 Å². The Morgan fingerprint density at radius 3 is 2.79 bits per heavy atom. The molecular weight excluding hydrogens is 264 g/mol. The number of sulfonamides is 1. The lowest BCUT2D eigenvalue weighted by Crippen LogP contribution is -2.31. The summed E-state index contributed by atoms with van der Waals surface area (Å²) in [6, 6.07) is 7.12. The highest BCUT2D eigenvalue weighted by Gasteiger charge is 2.12. The van der Waals surface area contributed by atoms with Gasteiger partial charge in [-0.3, -0.25) is 0 Å². The van der Waals surface area contributed by atoms with Gasteiger partial charge in [0.25, 0.3) is 0 Å². The van der Waals surface area contributed by atoms with Gasteiger partial charge in [-0.05, 0) is 18.6 Å². The first-order valence-corrected chi connectivity index (χ1v) is 7.88. The van der Waals surface area contributed by atoms with Gasteiger partial charge in [0.05, 0.1) is 6.26 Å². The number of aromatic nitrogens is 1. The van der Waals surface area contributed by atoms with Crippen LogP contribution in [-0.2, 0) is 10.0 Å². The summed E-state index contributed by atoms with van der Waals surface area (Å²) in [4.78, 5) is 4.07. The summed E-state index contributed by atoms with van der Waals surface area (Å²) in [5.74, 6) is 0.626. The van der Waals surface area contributed by atoms with Crippen molar-refractivity contribution in [2.45, 2.75) is 13.3 Å². The average molecular weight is 282 g/mol. The Hall–Kier alpha value is -1.65. The number of anilines is 1. The average Bonchev–Trinajstić information content (AvgIpc) is 2.37. The molecule has 0 aromatic carbocycles. The molecule has 7 heteroatoms. The molecule has 0 aliphatic rings. The van der Waals surface area contributed by atoms with E-state index < -0.39 is 10.0 Å². The van der Waals surface area contributed by atoms with Crippen molar-refractivity contribution in [2.24, 2.45) is 0 Å². The van der Waals surface area contributed by atoms with Crippen molar-refractivity contribution in [2.75, 3.05) is 31.2 Å². The third-order valence-electron chi connectivity index (χ3n) is 2.58. The van der Waals surface area contributed by atoms with Gasteiger partial charge in [-0.15, -0.1) is 0 Å². The van der Waals surface area contributed by atoms with E-state index in [0.29, 0.717) is 37.6 Å². The predicted octanol–water partition coefficient (Wildman–Crippen LogP) is 1.04. The van der Waals surface area contributed by atoms with Crippen LogP contribution >= 0.6 is 0 Å². The smallest absolute Gasteiger partial charge is 0.211 e. The lowest BCUT2D eigenvalue weighted by atomic mass is 10.3. The highest BCUT2D eigenvalue weighted by molar-refractivity contribution is 7.88. The maximum atomic E-state index is 11.4. The van der Waals surface area contributed by atoms with Crippen molar-refractivity contribution in [3.8, 4) is 6.07 Å². The van der Waals surface area contributed by atoms with Gasteiger partial charge in [0.1, 0.15) is 17.6 Å². The minimum atomic E-state index is -3.12. The summed E-state index contributed by atoms with van der Waals surface area (Å²) in [5, 5.41) is 11.8. The minimum Gasteiger partial charge on any atom is -0.370 e. The Morgan fingerprint density at radius 1 is 1.47 bits per heavy atom. The molecule has 6 nitrogen and oxygen atoms in total. The number of rotatable bonds is 7. The number of hydrogen-bond donors (Lipinski definition) is 1. The zero-order valence-electron chi connectivity index (χ0n) is 11.1. The molecule has 0 saturated heterocycles. The van der Waals surface area contributed by atoms with Crippen LogP contribution in [0.1, 0.15) is 19.0 Å². The van der Waals surface area contributed by atoms with Crippen LogP contribution in [0.2, 0.25) is 0 Å². The molecule has 0 spiro atoms. The number of nitrogens with one attached hydrogen (secondary N) is 1. The SMILES string of the molecule is CCN(CCCNc1cccc(C#N)n1)S(C)(=O)=O. The Bertz CT molecular complexity index is 551. The summed E-state index contributed by atoms with van der Waals surface area (Å²) in [7, 11) is -3.12. The molecule has 0 atom stereocenters. The predicted molar refractivity (Wildman–Crippen MR) is 74.1 cm³/mol. The fourth-order valence-electron chi connectivity index (χ4n) is 1.63. The van der Waals surface area contributed by atoms with Crippen molar-refractivity contribution >= 4 is 15.8 Å². The van der Waals surface area contributed by atoms with Gasteiger partial charge in [-0.2, -0.15) is 5.26 Å². The van der Waals surface area contributed by atoms with Crippen molar-refractivity contribution in [3.05, 3.63) is 23.9 Å². The second-order valence-electron chi connectivity index (χ2n) is 4.05. The van der Waals surface area contributed by atoms with Crippen LogP contribution in [0.15, 0.2) is 18.2 Å². The molecule has 104 valence electrons. The Labute approximate surface area is 114 Å². The van der Waals surface area contributed by atoms with Crippen molar-refractivity contribution in [1.82, 2.24) is 9.29 Å². The fraction of sp³-hybridized carbons (Fsp3) is 0.500. The Kier molecular flexibility index (Phi) is 5.73. The molecule has 0 unspecified atom stereocenters. The summed E-state index contributed by atoms with van der Waals surface area (Å²) >= 11 is 0. The zero-order chi connectivity index (χ0) is 14.3. The molecule has 0 saturated carbocycles. The van der Waals surface area contributed by atoms with Crippen molar-refractivity contribution in [1.29, 1.82) is 5.26 Å². The highest BCUT2D eigenvalue weighted by Crippen LogP contribution is 2.04. The van der Waals surface area contributed by atoms with E-state index in [9.17, 15) is 8.42 Å². The largest absolute Gasteiger partial charge is 0.370 e. The van der Waals surface area contributed by atoms with Crippen molar-refractivity contribution in [3.63, 3.8) is 0 Å². The minimum absolute atomic E-state index is 0.358. The molecule has 0 aliphatic heterocycles. The summed E-state index contributed by atoms with van der Waals surface area (Å²) in [6.07, 6.45) is 1.89. The van der Waals surface area contributed by atoms with E-state index in [2.05, 4.69) is 10.3 Å². The van der Waals surface area contributed by atoms with Gasteiger partial charge in [0.15, 0.2) is 0 Å². The lowest BCUT2D eigenvalue weighted by Gasteiger charge is -2.17. The topological polar surface area (TPSA) is 86.1 Å². The standard InChI is InChI=1S/C12H18N4O2S/c1-3-16(19(2,17)18)9-5-8-14-12-7-4-6-11(10-13)15-12/h4,6-7H,3,5,8-9H2,1-2H3,(H,14,15). The van der Waals surface area contributed by atoms with Crippen LogP contribution in [0.4, 0.5) is 5.82 Å². The molecule has 1 aromatic heterocycles. The maximum Gasteiger partial charge on any atom is 0.211 e. The summed E-state index contributed by atoms with van der Waals surface area (Å²) < 4.78 is 24.2. The van der Waals surface area contributed by atoms with Crippen LogP contribution < -0.4 is 5.32 Å². The molecule has 1 aromatic rings. The van der Waals surface area contributed by atoms with Crippen LogP contribution in [-0.4, -0.2) is 43.6 Å². The number of pyridine rings is 1.